The van der Waals surface area contributed by atoms with Gasteiger partial charge in [0.15, 0.2) is 0 Å². The van der Waals surface area contributed by atoms with E-state index in [1.807, 2.05) is 7.05 Å². The fourth-order valence-corrected chi connectivity index (χ4v) is 2.66. The smallest absolute Gasteiger partial charge is 0.239 e. The fourth-order valence-electron chi connectivity index (χ4n) is 2.36. The number of rotatable bonds is 3. The van der Waals surface area contributed by atoms with Gasteiger partial charge in [0.2, 0.25) is 11.8 Å². The van der Waals surface area contributed by atoms with E-state index in [4.69, 9.17) is 23.2 Å². The molecule has 2 amide bonds. The van der Waals surface area contributed by atoms with Crippen LogP contribution in [0.4, 0.5) is 5.69 Å². The number of piperazine rings is 1. The Hall–Kier alpha value is -1.30. The van der Waals surface area contributed by atoms with Gasteiger partial charge in [0.25, 0.3) is 0 Å². The van der Waals surface area contributed by atoms with E-state index in [2.05, 4.69) is 10.2 Å². The SMILES string of the molecule is CN1CCN(C(=O)C(C)(C)C(=O)Nc2ccc(Cl)c(Cl)c2)CC1. The Morgan fingerprint density at radius 3 is 2.26 bits per heavy atom. The van der Waals surface area contributed by atoms with E-state index in [0.29, 0.717) is 28.8 Å². The van der Waals surface area contributed by atoms with Crippen molar-refractivity contribution in [1.29, 1.82) is 0 Å². The first-order valence-electron chi connectivity index (χ1n) is 7.46. The lowest BCUT2D eigenvalue weighted by molar-refractivity contribution is -0.147. The number of hydrogen-bond donors (Lipinski definition) is 1. The predicted octanol–water partition coefficient (Wildman–Crippen LogP) is 2.73. The molecule has 0 spiro atoms. The average Bonchev–Trinajstić information content (AvgIpc) is 2.51. The summed E-state index contributed by atoms with van der Waals surface area (Å²) < 4.78 is 0. The van der Waals surface area contributed by atoms with E-state index in [9.17, 15) is 9.59 Å². The Bertz CT molecular complexity index is 611. The maximum Gasteiger partial charge on any atom is 0.239 e. The van der Waals surface area contributed by atoms with Gasteiger partial charge < -0.3 is 15.1 Å². The minimum Gasteiger partial charge on any atom is -0.339 e. The van der Waals surface area contributed by atoms with Crippen LogP contribution in [0.2, 0.25) is 10.0 Å². The third-order valence-electron chi connectivity index (χ3n) is 4.07. The molecule has 1 aliphatic heterocycles. The molecule has 5 nitrogen and oxygen atoms in total. The van der Waals surface area contributed by atoms with E-state index in [1.165, 1.54) is 0 Å². The van der Waals surface area contributed by atoms with E-state index in [0.717, 1.165) is 13.1 Å². The van der Waals surface area contributed by atoms with E-state index < -0.39 is 5.41 Å². The zero-order valence-corrected chi connectivity index (χ0v) is 15.0. The third kappa shape index (κ3) is 4.16. The van der Waals surface area contributed by atoms with Crippen LogP contribution in [0.1, 0.15) is 13.8 Å². The summed E-state index contributed by atoms with van der Waals surface area (Å²) in [5, 5.41) is 3.51. The molecule has 1 N–H and O–H groups in total. The molecule has 126 valence electrons. The lowest BCUT2D eigenvalue weighted by atomic mass is 9.89. The molecular formula is C16H21Cl2N3O2. The highest BCUT2D eigenvalue weighted by atomic mass is 35.5. The van der Waals surface area contributed by atoms with Gasteiger partial charge in [-0.05, 0) is 39.1 Å². The van der Waals surface area contributed by atoms with Crippen molar-refractivity contribution in [2.24, 2.45) is 5.41 Å². The number of halogens is 2. The highest BCUT2D eigenvalue weighted by Crippen LogP contribution is 2.27. The van der Waals surface area contributed by atoms with Gasteiger partial charge >= 0.3 is 0 Å². The molecule has 2 rings (SSSR count). The second kappa shape index (κ2) is 7.07. The Morgan fingerprint density at radius 1 is 1.09 bits per heavy atom. The van der Waals surface area contributed by atoms with Crippen LogP contribution in [0.3, 0.4) is 0 Å². The van der Waals surface area contributed by atoms with E-state index in [-0.39, 0.29) is 11.8 Å². The first-order valence-corrected chi connectivity index (χ1v) is 8.22. The first-order chi connectivity index (χ1) is 10.7. The van der Waals surface area contributed by atoms with Crippen molar-refractivity contribution in [2.75, 3.05) is 38.5 Å². The molecule has 0 aromatic heterocycles. The summed E-state index contributed by atoms with van der Waals surface area (Å²) >= 11 is 11.8. The number of carbonyl (C=O) groups is 2. The summed E-state index contributed by atoms with van der Waals surface area (Å²) in [6.45, 7) is 6.19. The van der Waals surface area contributed by atoms with Crippen LogP contribution >= 0.6 is 23.2 Å². The Balaban J connectivity index is 2.06. The molecule has 0 radical (unpaired) electrons. The maximum atomic E-state index is 12.7. The van der Waals surface area contributed by atoms with Crippen molar-refractivity contribution in [3.05, 3.63) is 28.2 Å². The van der Waals surface area contributed by atoms with Crippen LogP contribution in [0.15, 0.2) is 18.2 Å². The standard InChI is InChI=1S/C16H21Cl2N3O2/c1-16(2,15(23)21-8-6-20(3)7-9-21)14(22)19-11-4-5-12(17)13(18)10-11/h4-5,10H,6-9H2,1-3H3,(H,19,22). The molecule has 0 bridgehead atoms. The van der Waals surface area contributed by atoms with Crippen LogP contribution < -0.4 is 5.32 Å². The molecule has 0 aliphatic carbocycles. The van der Waals surface area contributed by atoms with Gasteiger partial charge in [-0.15, -0.1) is 0 Å². The molecule has 0 saturated carbocycles. The number of amides is 2. The van der Waals surface area contributed by atoms with Gasteiger partial charge in [0.05, 0.1) is 10.0 Å². The number of nitrogens with one attached hydrogen (secondary N) is 1. The summed E-state index contributed by atoms with van der Waals surface area (Å²) in [4.78, 5) is 29.1. The molecule has 1 heterocycles. The lowest BCUT2D eigenvalue weighted by Gasteiger charge is -2.36. The number of anilines is 1. The largest absolute Gasteiger partial charge is 0.339 e. The lowest BCUT2D eigenvalue weighted by Crippen LogP contribution is -2.53. The normalized spacial score (nSPS) is 16.3. The number of benzene rings is 1. The van der Waals surface area contributed by atoms with Crippen molar-refractivity contribution < 1.29 is 9.59 Å². The van der Waals surface area contributed by atoms with Crippen LogP contribution in [0, 0.1) is 5.41 Å². The highest BCUT2D eigenvalue weighted by Gasteiger charge is 2.39. The number of carbonyl (C=O) groups excluding carboxylic acids is 2. The van der Waals surface area contributed by atoms with Crippen molar-refractivity contribution in [3.63, 3.8) is 0 Å². The second-order valence-corrected chi connectivity index (χ2v) is 7.12. The summed E-state index contributed by atoms with van der Waals surface area (Å²) in [5.74, 6) is -0.525. The molecule has 0 atom stereocenters. The summed E-state index contributed by atoms with van der Waals surface area (Å²) in [7, 11) is 2.02. The topological polar surface area (TPSA) is 52.7 Å². The Labute approximate surface area is 146 Å². The molecule has 0 unspecified atom stereocenters. The molecule has 1 aromatic rings. The summed E-state index contributed by atoms with van der Waals surface area (Å²) in [6.07, 6.45) is 0. The predicted molar refractivity (Wildman–Crippen MR) is 92.9 cm³/mol. The van der Waals surface area contributed by atoms with Crippen molar-refractivity contribution in [1.82, 2.24) is 9.80 Å². The molecule has 23 heavy (non-hydrogen) atoms. The molecule has 1 saturated heterocycles. The maximum absolute atomic E-state index is 12.7. The number of nitrogens with zero attached hydrogens (tertiary/aromatic N) is 2. The van der Waals surface area contributed by atoms with Crippen LogP contribution in [-0.4, -0.2) is 54.8 Å². The summed E-state index contributed by atoms with van der Waals surface area (Å²) in [5.41, 5.74) is -0.633. The second-order valence-electron chi connectivity index (χ2n) is 6.30. The van der Waals surface area contributed by atoms with Gasteiger partial charge in [-0.2, -0.15) is 0 Å². The van der Waals surface area contributed by atoms with Crippen molar-refractivity contribution in [3.8, 4) is 0 Å². The fraction of sp³-hybridized carbons (Fsp3) is 0.500. The molecular weight excluding hydrogens is 337 g/mol. The third-order valence-corrected chi connectivity index (χ3v) is 4.81. The number of hydrogen-bond acceptors (Lipinski definition) is 3. The van der Waals surface area contributed by atoms with E-state index >= 15 is 0 Å². The van der Waals surface area contributed by atoms with Crippen molar-refractivity contribution >= 4 is 40.7 Å². The quantitative estimate of drug-likeness (QED) is 0.846. The Morgan fingerprint density at radius 2 is 1.70 bits per heavy atom. The average molecular weight is 358 g/mol. The zero-order valence-electron chi connectivity index (χ0n) is 13.5. The minimum absolute atomic E-state index is 0.164. The van der Waals surface area contributed by atoms with Gasteiger partial charge in [0.1, 0.15) is 5.41 Å². The first kappa shape index (κ1) is 18.0. The molecule has 1 aliphatic rings. The number of likely N-dealkylation sites (N-methyl/N-ethyl adjacent to an activating group) is 1. The molecule has 7 heteroatoms. The van der Waals surface area contributed by atoms with Gasteiger partial charge in [0, 0.05) is 31.9 Å². The molecule has 1 fully saturated rings. The van der Waals surface area contributed by atoms with E-state index in [1.54, 1.807) is 36.9 Å². The van der Waals surface area contributed by atoms with Crippen molar-refractivity contribution in [2.45, 2.75) is 13.8 Å². The Kier molecular flexibility index (Phi) is 5.55. The summed E-state index contributed by atoms with van der Waals surface area (Å²) in [6, 6.07) is 4.83. The highest BCUT2D eigenvalue weighted by molar-refractivity contribution is 6.42. The van der Waals surface area contributed by atoms with Gasteiger partial charge in [-0.1, -0.05) is 23.2 Å². The van der Waals surface area contributed by atoms with Gasteiger partial charge in [-0.3, -0.25) is 9.59 Å². The minimum atomic E-state index is -1.15. The van der Waals surface area contributed by atoms with Gasteiger partial charge in [-0.25, -0.2) is 0 Å². The van der Waals surface area contributed by atoms with Crippen LogP contribution in [-0.2, 0) is 9.59 Å². The van der Waals surface area contributed by atoms with Crippen LogP contribution in [0.25, 0.3) is 0 Å². The molecule has 1 aromatic carbocycles. The monoisotopic (exact) mass is 357 g/mol. The zero-order chi connectivity index (χ0) is 17.2. The van der Waals surface area contributed by atoms with Crippen LogP contribution in [0.5, 0.6) is 0 Å².